The summed E-state index contributed by atoms with van der Waals surface area (Å²) in [5.74, 6) is 0. The summed E-state index contributed by atoms with van der Waals surface area (Å²) >= 11 is 0. The van der Waals surface area contributed by atoms with Gasteiger partial charge in [-0.25, -0.2) is 0 Å². The fraction of sp³-hybridized carbons (Fsp3) is 0.400. The summed E-state index contributed by atoms with van der Waals surface area (Å²) in [5.41, 5.74) is 9.64. The number of allylic oxidation sites excluding steroid dienone is 3. The first-order valence-electron chi connectivity index (χ1n) is 3.81. The Hall–Kier alpha value is -0.980. The maximum atomic E-state index is 5.79. The van der Waals surface area contributed by atoms with Gasteiger partial charge in [0.2, 0.25) is 0 Å². The lowest BCUT2D eigenvalue weighted by molar-refractivity contribution is 1.07. The standard InChI is InChI=1S/C10H17N/c1-6-8(4)10(11)9(5)7(2)3/h2,4,6,11H2,1,3,5H3/b10-9+. The van der Waals surface area contributed by atoms with Crippen molar-refractivity contribution in [2.45, 2.75) is 27.2 Å². The second-order valence-corrected chi connectivity index (χ2v) is 2.78. The molecule has 0 aliphatic rings. The highest BCUT2D eigenvalue weighted by atomic mass is 14.6. The van der Waals surface area contributed by atoms with E-state index in [9.17, 15) is 0 Å². The van der Waals surface area contributed by atoms with Gasteiger partial charge < -0.3 is 5.73 Å². The van der Waals surface area contributed by atoms with E-state index >= 15 is 0 Å². The fourth-order valence-electron chi connectivity index (χ4n) is 0.686. The van der Waals surface area contributed by atoms with E-state index < -0.39 is 0 Å². The molecular weight excluding hydrogens is 134 g/mol. The lowest BCUT2D eigenvalue weighted by Crippen LogP contribution is -2.03. The van der Waals surface area contributed by atoms with Crippen molar-refractivity contribution in [3.05, 3.63) is 35.6 Å². The van der Waals surface area contributed by atoms with E-state index in [0.717, 1.165) is 28.8 Å². The maximum absolute atomic E-state index is 5.79. The van der Waals surface area contributed by atoms with Gasteiger partial charge in [-0.1, -0.05) is 25.7 Å². The van der Waals surface area contributed by atoms with Crippen LogP contribution in [0.25, 0.3) is 0 Å². The van der Waals surface area contributed by atoms with Crippen LogP contribution in [0, 0.1) is 0 Å². The summed E-state index contributed by atoms with van der Waals surface area (Å²) in [4.78, 5) is 0. The molecule has 0 spiro atoms. The molecule has 0 saturated carbocycles. The summed E-state index contributed by atoms with van der Waals surface area (Å²) in [6, 6.07) is 0. The summed E-state index contributed by atoms with van der Waals surface area (Å²) in [6.07, 6.45) is 0.899. The van der Waals surface area contributed by atoms with Crippen LogP contribution in [-0.2, 0) is 0 Å². The molecule has 0 aliphatic heterocycles. The summed E-state index contributed by atoms with van der Waals surface area (Å²) < 4.78 is 0. The van der Waals surface area contributed by atoms with Crippen molar-refractivity contribution in [3.63, 3.8) is 0 Å². The van der Waals surface area contributed by atoms with E-state index in [1.165, 1.54) is 0 Å². The topological polar surface area (TPSA) is 26.0 Å². The quantitative estimate of drug-likeness (QED) is 0.617. The average Bonchev–Trinajstić information content (AvgIpc) is 2.00. The summed E-state index contributed by atoms with van der Waals surface area (Å²) in [6.45, 7) is 13.6. The molecule has 1 nitrogen and oxygen atoms in total. The molecule has 0 radical (unpaired) electrons. The Morgan fingerprint density at radius 2 is 1.73 bits per heavy atom. The van der Waals surface area contributed by atoms with Crippen LogP contribution < -0.4 is 5.73 Å². The first kappa shape index (κ1) is 10.0. The third-order valence-electron chi connectivity index (χ3n) is 1.85. The van der Waals surface area contributed by atoms with Gasteiger partial charge in [-0.15, -0.1) is 0 Å². The number of rotatable bonds is 3. The summed E-state index contributed by atoms with van der Waals surface area (Å²) in [7, 11) is 0. The van der Waals surface area contributed by atoms with Crippen LogP contribution in [0.2, 0.25) is 0 Å². The Morgan fingerprint density at radius 3 is 2.00 bits per heavy atom. The largest absolute Gasteiger partial charge is 0.398 e. The van der Waals surface area contributed by atoms with Gasteiger partial charge in [0, 0.05) is 5.70 Å². The summed E-state index contributed by atoms with van der Waals surface area (Å²) in [5, 5.41) is 0. The monoisotopic (exact) mass is 151 g/mol. The smallest absolute Gasteiger partial charge is 0.0372 e. The lowest BCUT2D eigenvalue weighted by Gasteiger charge is -2.07. The van der Waals surface area contributed by atoms with Gasteiger partial charge in [0.25, 0.3) is 0 Å². The molecule has 0 fully saturated rings. The second kappa shape index (κ2) is 4.02. The van der Waals surface area contributed by atoms with Gasteiger partial charge >= 0.3 is 0 Å². The molecule has 0 aromatic heterocycles. The molecule has 0 heterocycles. The highest BCUT2D eigenvalue weighted by molar-refractivity contribution is 5.38. The Kier molecular flexibility index (Phi) is 3.66. The molecule has 0 bridgehead atoms. The number of nitrogens with two attached hydrogens (primary N) is 1. The molecule has 62 valence electrons. The zero-order valence-corrected chi connectivity index (χ0v) is 7.70. The molecule has 0 rings (SSSR count). The molecule has 2 N–H and O–H groups in total. The molecule has 0 aliphatic carbocycles. The molecule has 11 heavy (non-hydrogen) atoms. The molecule has 0 amide bonds. The third kappa shape index (κ3) is 2.62. The molecular formula is C10H17N. The van der Waals surface area contributed by atoms with Crippen LogP contribution in [-0.4, -0.2) is 0 Å². The van der Waals surface area contributed by atoms with Gasteiger partial charge in [0.15, 0.2) is 0 Å². The second-order valence-electron chi connectivity index (χ2n) is 2.78. The van der Waals surface area contributed by atoms with Gasteiger partial charge in [0.1, 0.15) is 0 Å². The van der Waals surface area contributed by atoms with E-state index in [4.69, 9.17) is 5.73 Å². The average molecular weight is 151 g/mol. The fourth-order valence-corrected chi connectivity index (χ4v) is 0.686. The normalized spacial score (nSPS) is 12.3. The Balaban J connectivity index is 4.66. The molecule has 0 saturated heterocycles. The lowest BCUT2D eigenvalue weighted by atomic mass is 10.0. The molecule has 1 heteroatoms. The number of hydrogen-bond acceptors (Lipinski definition) is 1. The predicted molar refractivity (Wildman–Crippen MR) is 51.1 cm³/mol. The van der Waals surface area contributed by atoms with Gasteiger partial charge in [0.05, 0.1) is 0 Å². The van der Waals surface area contributed by atoms with Gasteiger partial charge in [-0.3, -0.25) is 0 Å². The van der Waals surface area contributed by atoms with E-state index in [1.807, 2.05) is 20.8 Å². The first-order valence-corrected chi connectivity index (χ1v) is 3.81. The molecule has 0 unspecified atom stereocenters. The molecule has 0 aromatic rings. The minimum Gasteiger partial charge on any atom is -0.398 e. The van der Waals surface area contributed by atoms with Crippen LogP contribution in [0.5, 0.6) is 0 Å². The van der Waals surface area contributed by atoms with Crippen molar-refractivity contribution in [1.82, 2.24) is 0 Å². The Morgan fingerprint density at radius 1 is 1.27 bits per heavy atom. The highest BCUT2D eigenvalue weighted by Gasteiger charge is 2.00. The SMILES string of the molecule is C=C(C)/C(C)=C(/N)C(=C)CC. The van der Waals surface area contributed by atoms with Crippen LogP contribution >= 0.6 is 0 Å². The van der Waals surface area contributed by atoms with Gasteiger partial charge in [-0.05, 0) is 31.4 Å². The van der Waals surface area contributed by atoms with Crippen molar-refractivity contribution in [1.29, 1.82) is 0 Å². The Bertz CT molecular complexity index is 209. The van der Waals surface area contributed by atoms with Crippen LogP contribution in [0.1, 0.15) is 27.2 Å². The van der Waals surface area contributed by atoms with Crippen LogP contribution in [0.15, 0.2) is 35.6 Å². The third-order valence-corrected chi connectivity index (χ3v) is 1.85. The van der Waals surface area contributed by atoms with Crippen molar-refractivity contribution in [2.75, 3.05) is 0 Å². The van der Waals surface area contributed by atoms with Crippen molar-refractivity contribution in [2.24, 2.45) is 5.73 Å². The zero-order valence-electron chi connectivity index (χ0n) is 7.70. The molecule has 0 atom stereocenters. The van der Waals surface area contributed by atoms with Crippen molar-refractivity contribution in [3.8, 4) is 0 Å². The zero-order chi connectivity index (χ0) is 9.02. The molecule has 0 aromatic carbocycles. The maximum Gasteiger partial charge on any atom is 0.0372 e. The van der Waals surface area contributed by atoms with E-state index in [0.29, 0.717) is 0 Å². The van der Waals surface area contributed by atoms with Gasteiger partial charge in [-0.2, -0.15) is 0 Å². The van der Waals surface area contributed by atoms with Crippen LogP contribution in [0.4, 0.5) is 0 Å². The van der Waals surface area contributed by atoms with E-state index in [-0.39, 0.29) is 0 Å². The predicted octanol–water partition coefficient (Wildman–Crippen LogP) is 2.76. The minimum atomic E-state index is 0.792. The highest BCUT2D eigenvalue weighted by Crippen LogP contribution is 2.15. The Labute approximate surface area is 69.3 Å². The van der Waals surface area contributed by atoms with E-state index in [1.54, 1.807) is 0 Å². The number of hydrogen-bond donors (Lipinski definition) is 1. The van der Waals surface area contributed by atoms with Crippen molar-refractivity contribution >= 4 is 0 Å². The van der Waals surface area contributed by atoms with E-state index in [2.05, 4.69) is 13.2 Å². The van der Waals surface area contributed by atoms with Crippen LogP contribution in [0.3, 0.4) is 0 Å². The van der Waals surface area contributed by atoms with Crippen molar-refractivity contribution < 1.29 is 0 Å². The minimum absolute atomic E-state index is 0.792. The first-order chi connectivity index (χ1) is 5.00.